The van der Waals surface area contributed by atoms with Crippen molar-refractivity contribution in [3.8, 4) is 11.2 Å². The van der Waals surface area contributed by atoms with Crippen molar-refractivity contribution in [3.63, 3.8) is 0 Å². The highest BCUT2D eigenvalue weighted by Gasteiger charge is 2.45. The molecule has 4 heteroatoms. The van der Waals surface area contributed by atoms with Crippen LogP contribution in [0.2, 0.25) is 0 Å². The van der Waals surface area contributed by atoms with Crippen LogP contribution in [0.15, 0.2) is 12.5 Å². The van der Waals surface area contributed by atoms with Crippen LogP contribution in [-0.4, -0.2) is 19.0 Å². The van der Waals surface area contributed by atoms with Gasteiger partial charge < -0.3 is 4.57 Å². The Morgan fingerprint density at radius 1 is 1.10 bits per heavy atom. The van der Waals surface area contributed by atoms with Gasteiger partial charge in [-0.25, -0.2) is 4.98 Å². The normalized spacial score (nSPS) is 12.9. The molecule has 1 aromatic rings. The van der Waals surface area contributed by atoms with Crippen LogP contribution in [-0.2, 0) is 7.05 Å². The third kappa shape index (κ3) is 4.02. The monoisotopic (exact) mass is 300 g/mol. The molecule has 0 spiro atoms. The van der Waals surface area contributed by atoms with E-state index in [4.69, 9.17) is 0 Å². The van der Waals surface area contributed by atoms with E-state index < -0.39 is 19.9 Å². The number of imidazole rings is 1. The first kappa shape index (κ1) is 19.1. The summed E-state index contributed by atoms with van der Waals surface area (Å²) in [6.07, 6.45) is 3.34. The average molecular weight is 300 g/mol. The number of halogens is 1. The lowest BCUT2D eigenvalue weighted by molar-refractivity contribution is 0.655. The minimum Gasteiger partial charge on any atom is -0.327 e. The van der Waals surface area contributed by atoms with Gasteiger partial charge >= 0.3 is 0 Å². The standard InChI is InChI=1S/C14H23FN2S.C2H6/c1-13(2,3)18(15,14(4,5)6)9-8-12-10-16-11-17(12)7;1-2/h10-11H,1-7H3;1-2H3. The third-order valence-electron chi connectivity index (χ3n) is 2.82. The Morgan fingerprint density at radius 3 is 1.85 bits per heavy atom. The van der Waals surface area contributed by atoms with Gasteiger partial charge in [0.15, 0.2) is 0 Å². The molecule has 0 atom stereocenters. The molecular formula is C16H29FN2S. The molecule has 0 aliphatic heterocycles. The number of hydrogen-bond acceptors (Lipinski definition) is 1. The van der Waals surface area contributed by atoms with Crippen LogP contribution in [0.4, 0.5) is 3.89 Å². The highest BCUT2D eigenvalue weighted by atomic mass is 32.3. The zero-order chi connectivity index (χ0) is 16.2. The van der Waals surface area contributed by atoms with Crippen molar-refractivity contribution in [1.29, 1.82) is 0 Å². The molecule has 0 N–H and O–H groups in total. The smallest absolute Gasteiger partial charge is 0.112 e. The molecule has 1 rings (SSSR count). The molecule has 116 valence electrons. The number of nitrogens with zero attached hydrogens (tertiary/aromatic N) is 2. The Bertz CT molecular complexity index is 467. The van der Waals surface area contributed by atoms with Crippen molar-refractivity contribution >= 4 is 10.4 Å². The Kier molecular flexibility index (Phi) is 6.35. The summed E-state index contributed by atoms with van der Waals surface area (Å²) in [5.41, 5.74) is 0.748. The fourth-order valence-electron chi connectivity index (χ4n) is 1.83. The van der Waals surface area contributed by atoms with Gasteiger partial charge in [0.1, 0.15) is 5.69 Å². The molecule has 0 aliphatic carbocycles. The first-order valence-electron chi connectivity index (χ1n) is 7.00. The Hall–Kier alpha value is -0.950. The van der Waals surface area contributed by atoms with Gasteiger partial charge in [-0.3, -0.25) is 0 Å². The minimum atomic E-state index is -2.57. The molecule has 0 bridgehead atoms. The molecule has 0 radical (unpaired) electrons. The molecule has 0 aromatic carbocycles. The molecule has 0 fully saturated rings. The van der Waals surface area contributed by atoms with Crippen molar-refractivity contribution < 1.29 is 3.89 Å². The predicted octanol–water partition coefficient (Wildman–Crippen LogP) is 5.04. The van der Waals surface area contributed by atoms with Crippen molar-refractivity contribution in [1.82, 2.24) is 9.55 Å². The summed E-state index contributed by atoms with van der Waals surface area (Å²) in [4.78, 5) is 3.99. The molecule has 20 heavy (non-hydrogen) atoms. The summed E-state index contributed by atoms with van der Waals surface area (Å²) in [5.74, 6) is 2.96. The van der Waals surface area contributed by atoms with Gasteiger partial charge in [0.25, 0.3) is 0 Å². The Balaban J connectivity index is 0.00000172. The summed E-state index contributed by atoms with van der Waals surface area (Å²) in [7, 11) is -0.705. The van der Waals surface area contributed by atoms with Crippen LogP contribution in [0.1, 0.15) is 61.1 Å². The van der Waals surface area contributed by atoms with Gasteiger partial charge in [0.05, 0.1) is 12.5 Å². The van der Waals surface area contributed by atoms with E-state index in [0.29, 0.717) is 0 Å². The fraction of sp³-hybridized carbons (Fsp3) is 0.688. The molecule has 0 saturated carbocycles. The second-order valence-electron chi connectivity index (χ2n) is 6.38. The summed E-state index contributed by atoms with van der Waals surface area (Å²) in [6.45, 7) is 15.5. The second-order valence-corrected chi connectivity index (χ2v) is 10.1. The van der Waals surface area contributed by atoms with Crippen LogP contribution in [0.3, 0.4) is 0 Å². The van der Waals surface area contributed by atoms with E-state index in [1.165, 1.54) is 0 Å². The molecular weight excluding hydrogens is 271 g/mol. The lowest BCUT2D eigenvalue weighted by atomic mass is 10.2. The van der Waals surface area contributed by atoms with Crippen molar-refractivity contribution in [2.45, 2.75) is 64.9 Å². The molecule has 0 unspecified atom stereocenters. The van der Waals surface area contributed by atoms with Crippen LogP contribution in [0, 0.1) is 11.2 Å². The predicted molar refractivity (Wildman–Crippen MR) is 89.6 cm³/mol. The zero-order valence-corrected chi connectivity index (χ0v) is 15.2. The third-order valence-corrected chi connectivity index (χ3v) is 6.58. The first-order valence-corrected chi connectivity index (χ1v) is 8.53. The van der Waals surface area contributed by atoms with E-state index in [1.54, 1.807) is 17.1 Å². The summed E-state index contributed by atoms with van der Waals surface area (Å²) in [6, 6.07) is 0. The lowest BCUT2D eigenvalue weighted by Gasteiger charge is -2.47. The summed E-state index contributed by atoms with van der Waals surface area (Å²) < 4.78 is 16.3. The minimum absolute atomic E-state index is 0.461. The van der Waals surface area contributed by atoms with Gasteiger partial charge in [0, 0.05) is 16.5 Å². The van der Waals surface area contributed by atoms with E-state index in [0.717, 1.165) is 5.69 Å². The van der Waals surface area contributed by atoms with Crippen LogP contribution in [0.25, 0.3) is 0 Å². The molecule has 1 heterocycles. The maximum absolute atomic E-state index is 15.4. The molecule has 0 amide bonds. The Labute approximate surface area is 125 Å². The van der Waals surface area contributed by atoms with Gasteiger partial charge in [-0.1, -0.05) is 13.8 Å². The largest absolute Gasteiger partial charge is 0.327 e. The SMILES string of the molecule is CC.Cn1cncc1C#CS(F)(C(C)(C)C)C(C)(C)C. The van der Waals surface area contributed by atoms with E-state index in [1.807, 2.05) is 62.4 Å². The van der Waals surface area contributed by atoms with Crippen molar-refractivity contribution in [2.24, 2.45) is 7.05 Å². The zero-order valence-electron chi connectivity index (χ0n) is 14.3. The number of hydrogen-bond donors (Lipinski definition) is 0. The maximum Gasteiger partial charge on any atom is 0.112 e. The quantitative estimate of drug-likeness (QED) is 0.614. The van der Waals surface area contributed by atoms with Crippen LogP contribution < -0.4 is 0 Å². The van der Waals surface area contributed by atoms with Crippen LogP contribution in [0.5, 0.6) is 0 Å². The van der Waals surface area contributed by atoms with E-state index in [9.17, 15) is 0 Å². The topological polar surface area (TPSA) is 17.8 Å². The van der Waals surface area contributed by atoms with E-state index in [2.05, 4.69) is 16.2 Å². The highest BCUT2D eigenvalue weighted by molar-refractivity contribution is 8.35. The first-order chi connectivity index (χ1) is 8.99. The van der Waals surface area contributed by atoms with Crippen LogP contribution >= 0.6 is 10.4 Å². The molecule has 0 aliphatic rings. The van der Waals surface area contributed by atoms with E-state index >= 15 is 3.89 Å². The fourth-order valence-corrected chi connectivity index (χ4v) is 4.52. The van der Waals surface area contributed by atoms with Crippen molar-refractivity contribution in [3.05, 3.63) is 18.2 Å². The van der Waals surface area contributed by atoms with E-state index in [-0.39, 0.29) is 0 Å². The van der Waals surface area contributed by atoms with Gasteiger partial charge in [0.2, 0.25) is 0 Å². The highest BCUT2D eigenvalue weighted by Crippen LogP contribution is 2.68. The summed E-state index contributed by atoms with van der Waals surface area (Å²) in [5, 5.41) is 2.93. The lowest BCUT2D eigenvalue weighted by Crippen LogP contribution is -2.34. The molecule has 0 saturated heterocycles. The Morgan fingerprint density at radius 2 is 1.55 bits per heavy atom. The van der Waals surface area contributed by atoms with Gasteiger partial charge in [-0.05, 0) is 63.1 Å². The molecule has 1 aromatic heterocycles. The molecule has 2 nitrogen and oxygen atoms in total. The summed E-state index contributed by atoms with van der Waals surface area (Å²) >= 11 is 0. The second kappa shape index (κ2) is 6.67. The van der Waals surface area contributed by atoms with Gasteiger partial charge in [-0.2, -0.15) is 3.89 Å². The number of aromatic nitrogens is 2. The van der Waals surface area contributed by atoms with Crippen molar-refractivity contribution in [2.75, 3.05) is 0 Å². The maximum atomic E-state index is 15.4. The average Bonchev–Trinajstić information content (AvgIpc) is 2.71. The van der Waals surface area contributed by atoms with Gasteiger partial charge in [-0.15, -0.1) is 0 Å². The number of aryl methyl sites for hydroxylation is 1. The number of rotatable bonds is 0.